The summed E-state index contributed by atoms with van der Waals surface area (Å²) in [6.07, 6.45) is 0. The third-order valence-corrected chi connectivity index (χ3v) is 2.15. The van der Waals surface area contributed by atoms with Crippen LogP contribution in [0.3, 0.4) is 0 Å². The molecule has 0 spiro atoms. The molecule has 0 unspecified atom stereocenters. The van der Waals surface area contributed by atoms with Crippen LogP contribution in [0.15, 0.2) is 23.4 Å². The lowest BCUT2D eigenvalue weighted by Crippen LogP contribution is -2.22. The number of oxime groups is 1. The van der Waals surface area contributed by atoms with Crippen molar-refractivity contribution in [1.29, 1.82) is 0 Å². The maximum absolute atomic E-state index is 8.87. The first-order chi connectivity index (χ1) is 7.22. The molecule has 1 aromatic rings. The molecule has 0 aliphatic carbocycles. The highest BCUT2D eigenvalue weighted by molar-refractivity contribution is 5.98. The zero-order valence-corrected chi connectivity index (χ0v) is 8.60. The summed E-state index contributed by atoms with van der Waals surface area (Å²) in [6, 6.07) is 5.41. The van der Waals surface area contributed by atoms with E-state index in [9.17, 15) is 0 Å². The van der Waals surface area contributed by atoms with Crippen molar-refractivity contribution in [3.8, 4) is 11.5 Å². The normalized spacial score (nSPS) is 14.1. The summed E-state index contributed by atoms with van der Waals surface area (Å²) in [5.74, 6) is 1.87. The van der Waals surface area contributed by atoms with Gasteiger partial charge in [-0.3, -0.25) is 0 Å². The van der Waals surface area contributed by atoms with Crippen LogP contribution in [0.25, 0.3) is 0 Å². The van der Waals surface area contributed by atoms with E-state index >= 15 is 0 Å². The molecule has 80 valence electrons. The number of fused-ring (bicyclic) bond motifs is 1. The Balaban J connectivity index is 2.38. The Kier molecular flexibility index (Phi) is 2.37. The second-order valence-electron chi connectivity index (χ2n) is 3.39. The molecule has 1 aromatic carbocycles. The van der Waals surface area contributed by atoms with Crippen LogP contribution in [0, 0.1) is 0 Å². The van der Waals surface area contributed by atoms with E-state index in [0.29, 0.717) is 11.6 Å². The number of ether oxygens (including phenoxy) is 2. The number of hydrogen-bond donors (Lipinski definition) is 1. The number of rotatable bonds is 1. The van der Waals surface area contributed by atoms with Gasteiger partial charge in [0.25, 0.3) is 0 Å². The molecule has 1 N–H and O–H groups in total. The Bertz CT molecular complexity index is 402. The SMILES string of the molecule is CN(C)C(=NO)c1ccc2c(c1)OCO2. The van der Waals surface area contributed by atoms with Gasteiger partial charge in [-0.1, -0.05) is 5.16 Å². The molecule has 0 radical (unpaired) electrons. The summed E-state index contributed by atoms with van der Waals surface area (Å²) in [5, 5.41) is 12.1. The van der Waals surface area contributed by atoms with Crippen molar-refractivity contribution in [2.75, 3.05) is 20.9 Å². The minimum atomic E-state index is 0.242. The first-order valence-electron chi connectivity index (χ1n) is 4.52. The second-order valence-corrected chi connectivity index (χ2v) is 3.39. The summed E-state index contributed by atoms with van der Waals surface area (Å²) < 4.78 is 10.4. The third-order valence-electron chi connectivity index (χ3n) is 2.15. The maximum Gasteiger partial charge on any atom is 0.231 e. The number of benzene rings is 1. The number of nitrogens with zero attached hydrogens (tertiary/aromatic N) is 2. The molecule has 15 heavy (non-hydrogen) atoms. The van der Waals surface area contributed by atoms with Crippen molar-refractivity contribution < 1.29 is 14.7 Å². The summed E-state index contributed by atoms with van der Waals surface area (Å²) in [5.41, 5.74) is 0.784. The first-order valence-corrected chi connectivity index (χ1v) is 4.52. The fraction of sp³-hybridized carbons (Fsp3) is 0.300. The standard InChI is InChI=1S/C10H12N2O3/c1-12(2)10(11-13)7-3-4-8-9(5-7)15-6-14-8/h3-5,13H,6H2,1-2H3. The van der Waals surface area contributed by atoms with Crippen LogP contribution in [0.4, 0.5) is 0 Å². The lowest BCUT2D eigenvalue weighted by Gasteiger charge is -2.13. The summed E-state index contributed by atoms with van der Waals surface area (Å²) in [6.45, 7) is 0.242. The molecule has 0 bridgehead atoms. The van der Waals surface area contributed by atoms with Crippen molar-refractivity contribution in [1.82, 2.24) is 4.90 Å². The monoisotopic (exact) mass is 208 g/mol. The number of hydrogen-bond acceptors (Lipinski definition) is 4. The van der Waals surface area contributed by atoms with Crippen molar-refractivity contribution in [2.45, 2.75) is 0 Å². The Morgan fingerprint density at radius 1 is 1.33 bits per heavy atom. The quantitative estimate of drug-likeness (QED) is 0.325. The average molecular weight is 208 g/mol. The van der Waals surface area contributed by atoms with Crippen LogP contribution >= 0.6 is 0 Å². The molecule has 1 aliphatic rings. The predicted octanol–water partition coefficient (Wildman–Crippen LogP) is 1.11. The predicted molar refractivity (Wildman–Crippen MR) is 54.6 cm³/mol. The van der Waals surface area contributed by atoms with Gasteiger partial charge in [0.1, 0.15) is 0 Å². The lowest BCUT2D eigenvalue weighted by atomic mass is 10.2. The minimum absolute atomic E-state index is 0.242. The smallest absolute Gasteiger partial charge is 0.231 e. The largest absolute Gasteiger partial charge is 0.454 e. The molecule has 0 saturated carbocycles. The highest BCUT2D eigenvalue weighted by atomic mass is 16.7. The Morgan fingerprint density at radius 3 is 2.73 bits per heavy atom. The summed E-state index contributed by atoms with van der Waals surface area (Å²) >= 11 is 0. The van der Waals surface area contributed by atoms with E-state index in [4.69, 9.17) is 14.7 Å². The molecular weight excluding hydrogens is 196 g/mol. The van der Waals surface area contributed by atoms with Gasteiger partial charge < -0.3 is 19.6 Å². The van der Waals surface area contributed by atoms with Gasteiger partial charge in [0.15, 0.2) is 17.3 Å². The molecule has 1 aliphatic heterocycles. The maximum atomic E-state index is 8.87. The molecule has 5 heteroatoms. The zero-order chi connectivity index (χ0) is 10.8. The van der Waals surface area contributed by atoms with Crippen LogP contribution in [0.5, 0.6) is 11.5 Å². The highest BCUT2D eigenvalue weighted by Gasteiger charge is 2.16. The Morgan fingerprint density at radius 2 is 2.07 bits per heavy atom. The Labute approximate surface area is 87.5 Å². The van der Waals surface area contributed by atoms with Crippen LogP contribution in [0.2, 0.25) is 0 Å². The van der Waals surface area contributed by atoms with E-state index in [1.807, 2.05) is 6.07 Å². The Hall–Kier alpha value is -1.91. The van der Waals surface area contributed by atoms with Crippen molar-refractivity contribution in [3.63, 3.8) is 0 Å². The molecule has 0 aromatic heterocycles. The third kappa shape index (κ3) is 1.68. The van der Waals surface area contributed by atoms with Gasteiger partial charge in [0.2, 0.25) is 6.79 Å². The molecule has 0 saturated heterocycles. The number of amidine groups is 1. The van der Waals surface area contributed by atoms with Crippen LogP contribution in [0.1, 0.15) is 5.56 Å². The van der Waals surface area contributed by atoms with E-state index in [0.717, 1.165) is 11.3 Å². The van der Waals surface area contributed by atoms with Gasteiger partial charge in [-0.05, 0) is 18.2 Å². The van der Waals surface area contributed by atoms with Gasteiger partial charge in [-0.25, -0.2) is 0 Å². The average Bonchev–Trinajstić information content (AvgIpc) is 2.65. The van der Waals surface area contributed by atoms with E-state index in [2.05, 4.69) is 5.16 Å². The molecule has 0 amide bonds. The van der Waals surface area contributed by atoms with Crippen molar-refractivity contribution >= 4 is 5.84 Å². The van der Waals surface area contributed by atoms with E-state index in [-0.39, 0.29) is 6.79 Å². The van der Waals surface area contributed by atoms with Gasteiger partial charge in [0.05, 0.1) is 0 Å². The summed E-state index contributed by atoms with van der Waals surface area (Å²) in [4.78, 5) is 1.72. The fourth-order valence-electron chi connectivity index (χ4n) is 1.44. The molecule has 5 nitrogen and oxygen atoms in total. The van der Waals surface area contributed by atoms with Crippen molar-refractivity contribution in [3.05, 3.63) is 23.8 Å². The highest BCUT2D eigenvalue weighted by Crippen LogP contribution is 2.32. The molecule has 0 fully saturated rings. The minimum Gasteiger partial charge on any atom is -0.454 e. The second kappa shape index (κ2) is 3.68. The van der Waals surface area contributed by atoms with E-state index in [1.54, 1.807) is 31.1 Å². The molecule has 2 rings (SSSR count). The zero-order valence-electron chi connectivity index (χ0n) is 8.60. The van der Waals surface area contributed by atoms with Crippen LogP contribution in [-0.2, 0) is 0 Å². The van der Waals surface area contributed by atoms with Crippen molar-refractivity contribution in [2.24, 2.45) is 5.16 Å². The van der Waals surface area contributed by atoms with Crippen LogP contribution < -0.4 is 9.47 Å². The van der Waals surface area contributed by atoms with Gasteiger partial charge in [-0.15, -0.1) is 0 Å². The van der Waals surface area contributed by atoms with Gasteiger partial charge in [-0.2, -0.15) is 0 Å². The van der Waals surface area contributed by atoms with E-state index < -0.39 is 0 Å². The summed E-state index contributed by atoms with van der Waals surface area (Å²) in [7, 11) is 3.61. The van der Waals surface area contributed by atoms with Crippen LogP contribution in [-0.4, -0.2) is 36.8 Å². The van der Waals surface area contributed by atoms with Gasteiger partial charge in [0, 0.05) is 19.7 Å². The molecule has 1 heterocycles. The fourth-order valence-corrected chi connectivity index (χ4v) is 1.44. The van der Waals surface area contributed by atoms with E-state index in [1.165, 1.54) is 0 Å². The topological polar surface area (TPSA) is 54.3 Å². The first kappa shape index (κ1) is 9.64. The molecule has 0 atom stereocenters. The molecular formula is C10H12N2O3. The van der Waals surface area contributed by atoms with Gasteiger partial charge >= 0.3 is 0 Å². The lowest BCUT2D eigenvalue weighted by molar-refractivity contribution is 0.174.